The van der Waals surface area contributed by atoms with Gasteiger partial charge in [-0.05, 0) is 70.6 Å². The van der Waals surface area contributed by atoms with E-state index in [4.69, 9.17) is 9.05 Å². The van der Waals surface area contributed by atoms with Crippen LogP contribution >= 0.6 is 7.82 Å². The quantitative estimate of drug-likeness (QED) is 0.0272. The monoisotopic (exact) mass is 933 g/mol. The average molecular weight is 933 g/mol. The standard InChI is InChI=1S/C56H105N2O6P/c1-6-8-10-12-14-16-18-20-22-23-24-25-26-27-28-29-30-31-32-33-34-35-36-37-39-41-43-45-47-49-55(59)54(53-64-65(61,62)63-52-51-58(3,4)5)57-56(60)50-48-46-44-42-40-38-21-19-17-15-13-11-9-7-2/h13,15,19,21,34-35,39,41,47,49,54-55,59H,6-12,14,16-18,20,22-33,36-38,40,42-46,48,50-53H2,1-5H3,(H-,57,60,61,62)/b15-13-,21-19-,35-34+,41-39+,49-47+. The molecule has 0 aliphatic heterocycles. The normalized spacial score (nSPS) is 14.5. The van der Waals surface area contributed by atoms with Crippen molar-refractivity contribution in [3.63, 3.8) is 0 Å². The number of allylic oxidation sites excluding steroid dienone is 9. The van der Waals surface area contributed by atoms with Crippen LogP contribution in [0.1, 0.15) is 239 Å². The fourth-order valence-electron chi connectivity index (χ4n) is 7.61. The Balaban J connectivity index is 4.26. The van der Waals surface area contributed by atoms with Gasteiger partial charge < -0.3 is 28.8 Å². The van der Waals surface area contributed by atoms with E-state index >= 15 is 0 Å². The Morgan fingerprint density at radius 1 is 0.538 bits per heavy atom. The molecule has 0 aliphatic carbocycles. The lowest BCUT2D eigenvalue weighted by molar-refractivity contribution is -0.870. The fourth-order valence-corrected chi connectivity index (χ4v) is 8.34. The Morgan fingerprint density at radius 3 is 1.38 bits per heavy atom. The summed E-state index contributed by atoms with van der Waals surface area (Å²) in [4.78, 5) is 25.4. The van der Waals surface area contributed by atoms with E-state index in [-0.39, 0.29) is 12.5 Å². The second-order valence-electron chi connectivity index (χ2n) is 19.6. The first kappa shape index (κ1) is 63.2. The van der Waals surface area contributed by atoms with Crippen LogP contribution in [0.2, 0.25) is 0 Å². The van der Waals surface area contributed by atoms with Gasteiger partial charge in [-0.25, -0.2) is 0 Å². The summed E-state index contributed by atoms with van der Waals surface area (Å²) in [5.41, 5.74) is 0. The average Bonchev–Trinajstić information content (AvgIpc) is 3.26. The Bertz CT molecular complexity index is 1240. The highest BCUT2D eigenvalue weighted by Crippen LogP contribution is 2.38. The topological polar surface area (TPSA) is 108 Å². The van der Waals surface area contributed by atoms with E-state index in [9.17, 15) is 19.4 Å². The Morgan fingerprint density at radius 2 is 0.923 bits per heavy atom. The predicted octanol–water partition coefficient (Wildman–Crippen LogP) is 15.5. The lowest BCUT2D eigenvalue weighted by Gasteiger charge is -2.29. The summed E-state index contributed by atoms with van der Waals surface area (Å²) in [5, 5.41) is 13.8. The molecule has 3 atom stereocenters. The van der Waals surface area contributed by atoms with Crippen molar-refractivity contribution in [2.75, 3.05) is 40.9 Å². The summed E-state index contributed by atoms with van der Waals surface area (Å²) >= 11 is 0. The van der Waals surface area contributed by atoms with Crippen molar-refractivity contribution in [2.45, 2.75) is 251 Å². The number of amides is 1. The number of aliphatic hydroxyl groups excluding tert-OH is 1. The maximum atomic E-state index is 12.9. The number of nitrogens with one attached hydrogen (secondary N) is 1. The molecule has 380 valence electrons. The first-order valence-corrected chi connectivity index (χ1v) is 28.6. The molecule has 65 heavy (non-hydrogen) atoms. The number of nitrogens with zero attached hydrogens (tertiary/aromatic N) is 1. The Labute approximate surface area is 402 Å². The molecule has 2 N–H and O–H groups in total. The van der Waals surface area contributed by atoms with Crippen LogP contribution in [-0.4, -0.2) is 68.5 Å². The van der Waals surface area contributed by atoms with Gasteiger partial charge in [0.05, 0.1) is 39.9 Å². The second-order valence-corrected chi connectivity index (χ2v) is 21.0. The van der Waals surface area contributed by atoms with Gasteiger partial charge in [0.1, 0.15) is 13.2 Å². The molecule has 9 heteroatoms. The largest absolute Gasteiger partial charge is 0.756 e. The molecule has 0 saturated carbocycles. The van der Waals surface area contributed by atoms with E-state index in [0.717, 1.165) is 70.6 Å². The smallest absolute Gasteiger partial charge is 0.268 e. The summed E-state index contributed by atoms with van der Waals surface area (Å²) in [6.45, 7) is 4.57. The molecule has 0 aromatic carbocycles. The highest BCUT2D eigenvalue weighted by molar-refractivity contribution is 7.45. The molecule has 0 heterocycles. The third-order valence-corrected chi connectivity index (χ3v) is 12.9. The number of rotatable bonds is 49. The molecule has 0 spiro atoms. The number of carbonyl (C=O) groups excluding carboxylic acids is 1. The number of phosphoric ester groups is 1. The van der Waals surface area contributed by atoms with Crippen LogP contribution in [0.4, 0.5) is 0 Å². The summed E-state index contributed by atoms with van der Waals surface area (Å²) in [6, 6.07) is -0.919. The number of unbranched alkanes of at least 4 members (excludes halogenated alkanes) is 28. The van der Waals surface area contributed by atoms with Crippen LogP contribution in [-0.2, 0) is 18.4 Å². The van der Waals surface area contributed by atoms with Gasteiger partial charge in [0, 0.05) is 6.42 Å². The molecule has 3 unspecified atom stereocenters. The lowest BCUT2D eigenvalue weighted by Crippen LogP contribution is -2.45. The molecular formula is C56H105N2O6P. The lowest BCUT2D eigenvalue weighted by atomic mass is 10.0. The molecule has 0 bridgehead atoms. The van der Waals surface area contributed by atoms with Crippen LogP contribution in [0.5, 0.6) is 0 Å². The highest BCUT2D eigenvalue weighted by Gasteiger charge is 2.23. The molecule has 0 aromatic heterocycles. The Kier molecular flexibility index (Phi) is 46.0. The second kappa shape index (κ2) is 47.3. The molecule has 0 saturated heterocycles. The zero-order valence-electron chi connectivity index (χ0n) is 43.2. The zero-order chi connectivity index (χ0) is 47.8. The predicted molar refractivity (Wildman–Crippen MR) is 279 cm³/mol. The summed E-state index contributed by atoms with van der Waals surface area (Å²) < 4.78 is 23.2. The van der Waals surface area contributed by atoms with E-state index in [1.807, 2.05) is 27.2 Å². The van der Waals surface area contributed by atoms with E-state index in [1.54, 1.807) is 6.08 Å². The van der Waals surface area contributed by atoms with Crippen molar-refractivity contribution >= 4 is 13.7 Å². The van der Waals surface area contributed by atoms with Crippen molar-refractivity contribution in [1.82, 2.24) is 5.32 Å². The minimum atomic E-state index is -4.61. The van der Waals surface area contributed by atoms with Gasteiger partial charge in [-0.15, -0.1) is 0 Å². The van der Waals surface area contributed by atoms with Gasteiger partial charge in [0.2, 0.25) is 5.91 Å². The van der Waals surface area contributed by atoms with Crippen LogP contribution < -0.4 is 10.2 Å². The van der Waals surface area contributed by atoms with Crippen molar-refractivity contribution in [2.24, 2.45) is 0 Å². The maximum Gasteiger partial charge on any atom is 0.268 e. The summed E-state index contributed by atoms with van der Waals surface area (Å²) in [5.74, 6) is -0.227. The maximum absolute atomic E-state index is 12.9. The number of likely N-dealkylation sites (N-methyl/N-ethyl adjacent to an activating group) is 1. The molecule has 0 radical (unpaired) electrons. The van der Waals surface area contributed by atoms with Gasteiger partial charge >= 0.3 is 0 Å². The minimum Gasteiger partial charge on any atom is -0.756 e. The number of hydrogen-bond donors (Lipinski definition) is 2. The molecular weight excluding hydrogens is 828 g/mol. The first-order valence-electron chi connectivity index (χ1n) is 27.2. The molecule has 0 rings (SSSR count). The van der Waals surface area contributed by atoms with E-state index in [0.29, 0.717) is 17.4 Å². The van der Waals surface area contributed by atoms with Crippen LogP contribution in [0.15, 0.2) is 60.8 Å². The van der Waals surface area contributed by atoms with E-state index in [2.05, 4.69) is 67.8 Å². The zero-order valence-corrected chi connectivity index (χ0v) is 44.1. The Hall–Kier alpha value is -1.80. The van der Waals surface area contributed by atoms with Crippen LogP contribution in [0.3, 0.4) is 0 Å². The molecule has 0 aliphatic rings. The van der Waals surface area contributed by atoms with Crippen molar-refractivity contribution < 1.29 is 32.9 Å². The van der Waals surface area contributed by atoms with Gasteiger partial charge in [0.15, 0.2) is 0 Å². The SMILES string of the molecule is CCCC/C=C\C/C=C\CCCCCCCC(=O)NC(COP(=O)([O-])OCC[N+](C)(C)C)C(O)/C=C/CC/C=C/CC/C=C/CCCCCCCCCCCCCCCCCCCCC. The number of phosphoric acid groups is 1. The molecule has 1 amide bonds. The number of aliphatic hydroxyl groups is 1. The minimum absolute atomic E-state index is 0.0139. The van der Waals surface area contributed by atoms with Gasteiger partial charge in [-0.1, -0.05) is 222 Å². The highest BCUT2D eigenvalue weighted by atomic mass is 31.2. The number of quaternary nitrogens is 1. The van der Waals surface area contributed by atoms with E-state index < -0.39 is 26.6 Å². The summed E-state index contributed by atoms with van der Waals surface area (Å²) in [7, 11) is 1.22. The fraction of sp³-hybridized carbons (Fsp3) is 0.804. The van der Waals surface area contributed by atoms with E-state index in [1.165, 1.54) is 148 Å². The third-order valence-electron chi connectivity index (χ3n) is 11.9. The molecule has 8 nitrogen and oxygen atoms in total. The van der Waals surface area contributed by atoms with Gasteiger partial charge in [0.25, 0.3) is 7.82 Å². The summed E-state index contributed by atoms with van der Waals surface area (Å²) in [6.07, 6.45) is 63.1. The first-order chi connectivity index (χ1) is 31.5. The van der Waals surface area contributed by atoms with Crippen molar-refractivity contribution in [3.05, 3.63) is 60.8 Å². The van der Waals surface area contributed by atoms with Crippen LogP contribution in [0, 0.1) is 0 Å². The number of carbonyl (C=O) groups is 1. The number of hydrogen-bond acceptors (Lipinski definition) is 6. The molecule has 0 fully saturated rings. The van der Waals surface area contributed by atoms with Crippen molar-refractivity contribution in [1.29, 1.82) is 0 Å². The van der Waals surface area contributed by atoms with Gasteiger partial charge in [-0.2, -0.15) is 0 Å². The molecule has 0 aromatic rings. The van der Waals surface area contributed by atoms with Crippen molar-refractivity contribution in [3.8, 4) is 0 Å². The van der Waals surface area contributed by atoms with Gasteiger partial charge in [-0.3, -0.25) is 9.36 Å². The van der Waals surface area contributed by atoms with Crippen LogP contribution in [0.25, 0.3) is 0 Å². The third kappa shape index (κ3) is 49.9.